The molecule has 0 spiro atoms. The average molecular weight is 307 g/mol. The first kappa shape index (κ1) is 13.8. The summed E-state index contributed by atoms with van der Waals surface area (Å²) in [6.45, 7) is 0. The fourth-order valence-corrected chi connectivity index (χ4v) is 3.20. The molecule has 5 heteroatoms. The highest BCUT2D eigenvalue weighted by Crippen LogP contribution is 2.35. The van der Waals surface area contributed by atoms with Crippen LogP contribution in [0.3, 0.4) is 0 Å². The van der Waals surface area contributed by atoms with Gasteiger partial charge < -0.3 is 15.2 Å². The van der Waals surface area contributed by atoms with Crippen molar-refractivity contribution in [3.8, 4) is 11.5 Å². The molecular formula is C18H17N3O2. The Morgan fingerprint density at radius 1 is 1.17 bits per heavy atom. The van der Waals surface area contributed by atoms with Gasteiger partial charge in [0.05, 0.1) is 12.6 Å². The fraction of sp³-hybridized carbons (Fsp3) is 0.222. The van der Waals surface area contributed by atoms with E-state index in [1.165, 1.54) is 31.0 Å². The smallest absolute Gasteiger partial charge is 0.162 e. The molecule has 116 valence electrons. The molecule has 1 aliphatic rings. The summed E-state index contributed by atoms with van der Waals surface area (Å²) in [4.78, 5) is 8.61. The van der Waals surface area contributed by atoms with E-state index in [1.807, 2.05) is 0 Å². The van der Waals surface area contributed by atoms with Crippen LogP contribution >= 0.6 is 0 Å². The summed E-state index contributed by atoms with van der Waals surface area (Å²) < 4.78 is 5.14. The number of aromatic nitrogens is 2. The van der Waals surface area contributed by atoms with Crippen molar-refractivity contribution in [1.82, 2.24) is 9.97 Å². The van der Waals surface area contributed by atoms with E-state index in [1.54, 1.807) is 12.1 Å². The summed E-state index contributed by atoms with van der Waals surface area (Å²) in [6, 6.07) is 9.67. The number of nitrogens with one attached hydrogen (secondary N) is 1. The van der Waals surface area contributed by atoms with Crippen molar-refractivity contribution in [3.05, 3.63) is 47.8 Å². The minimum absolute atomic E-state index is 0.0798. The van der Waals surface area contributed by atoms with Gasteiger partial charge in [0, 0.05) is 17.1 Å². The standard InChI is InChI=1S/C18H17N3O2/c1-23-17-9-15-13(8-16(17)22)18(20-10-19-15)21-14-7-3-5-11-4-2-6-12(11)14/h3,5,7-10,22H,2,4,6H2,1H3,(H,19,20,21). The number of hydrogen-bond donors (Lipinski definition) is 2. The number of anilines is 2. The van der Waals surface area contributed by atoms with E-state index < -0.39 is 0 Å². The second-order valence-electron chi connectivity index (χ2n) is 5.69. The number of fused-ring (bicyclic) bond motifs is 2. The molecule has 1 aromatic heterocycles. The van der Waals surface area contributed by atoms with Gasteiger partial charge in [-0.15, -0.1) is 0 Å². The largest absolute Gasteiger partial charge is 0.504 e. The van der Waals surface area contributed by atoms with Crippen LogP contribution in [0.25, 0.3) is 10.9 Å². The SMILES string of the molecule is COc1cc2ncnc(Nc3cccc4c3CCC4)c2cc1O. The molecule has 0 fully saturated rings. The number of nitrogens with zero attached hydrogens (tertiary/aromatic N) is 2. The number of hydrogen-bond acceptors (Lipinski definition) is 5. The third-order valence-corrected chi connectivity index (χ3v) is 4.33. The van der Waals surface area contributed by atoms with Crippen LogP contribution in [0.15, 0.2) is 36.7 Å². The lowest BCUT2D eigenvalue weighted by Gasteiger charge is -2.13. The van der Waals surface area contributed by atoms with Crippen molar-refractivity contribution in [3.63, 3.8) is 0 Å². The van der Waals surface area contributed by atoms with Crippen molar-refractivity contribution in [2.45, 2.75) is 19.3 Å². The van der Waals surface area contributed by atoms with Crippen LogP contribution < -0.4 is 10.1 Å². The van der Waals surface area contributed by atoms with Gasteiger partial charge in [-0.05, 0) is 42.5 Å². The first-order chi connectivity index (χ1) is 11.3. The van der Waals surface area contributed by atoms with Crippen LogP contribution in [0, 0.1) is 0 Å². The zero-order valence-electron chi connectivity index (χ0n) is 12.8. The predicted octanol–water partition coefficient (Wildman–Crippen LogP) is 3.58. The molecule has 0 saturated heterocycles. The van der Waals surface area contributed by atoms with Crippen molar-refractivity contribution in [2.24, 2.45) is 0 Å². The average Bonchev–Trinajstić information content (AvgIpc) is 3.04. The molecule has 0 amide bonds. The maximum absolute atomic E-state index is 10.0. The van der Waals surface area contributed by atoms with Gasteiger partial charge in [0.25, 0.3) is 0 Å². The van der Waals surface area contributed by atoms with Gasteiger partial charge in [-0.1, -0.05) is 12.1 Å². The molecule has 0 unspecified atom stereocenters. The van der Waals surface area contributed by atoms with Crippen LogP contribution in [0.4, 0.5) is 11.5 Å². The van der Waals surface area contributed by atoms with Crippen LogP contribution in [0.1, 0.15) is 17.5 Å². The van der Waals surface area contributed by atoms with Crippen LogP contribution in [-0.4, -0.2) is 22.2 Å². The lowest BCUT2D eigenvalue weighted by Crippen LogP contribution is -1.99. The van der Waals surface area contributed by atoms with Gasteiger partial charge in [-0.2, -0.15) is 0 Å². The van der Waals surface area contributed by atoms with Crippen molar-refractivity contribution in [1.29, 1.82) is 0 Å². The van der Waals surface area contributed by atoms with Gasteiger partial charge in [-0.25, -0.2) is 9.97 Å². The molecule has 1 aliphatic carbocycles. The number of ether oxygens (including phenoxy) is 1. The first-order valence-electron chi connectivity index (χ1n) is 7.66. The van der Waals surface area contributed by atoms with Crippen LogP contribution in [-0.2, 0) is 12.8 Å². The Labute approximate surface area is 134 Å². The van der Waals surface area contributed by atoms with Gasteiger partial charge >= 0.3 is 0 Å². The Bertz CT molecular complexity index is 893. The highest BCUT2D eigenvalue weighted by Gasteiger charge is 2.16. The van der Waals surface area contributed by atoms with Gasteiger partial charge in [0.1, 0.15) is 12.1 Å². The number of aromatic hydroxyl groups is 1. The minimum atomic E-state index is 0.0798. The van der Waals surface area contributed by atoms with E-state index in [0.29, 0.717) is 11.6 Å². The zero-order valence-corrected chi connectivity index (χ0v) is 12.8. The molecule has 0 atom stereocenters. The van der Waals surface area contributed by atoms with Crippen molar-refractivity contribution < 1.29 is 9.84 Å². The van der Waals surface area contributed by atoms with E-state index in [2.05, 4.69) is 33.5 Å². The normalized spacial score (nSPS) is 13.1. The number of aryl methyl sites for hydroxylation is 1. The number of methoxy groups -OCH3 is 1. The topological polar surface area (TPSA) is 67.3 Å². The molecular weight excluding hydrogens is 290 g/mol. The number of phenols is 1. The molecule has 2 N–H and O–H groups in total. The number of phenolic OH excluding ortho intramolecular Hbond substituents is 1. The van der Waals surface area contributed by atoms with Gasteiger partial charge in [0.2, 0.25) is 0 Å². The molecule has 5 nitrogen and oxygen atoms in total. The fourth-order valence-electron chi connectivity index (χ4n) is 3.20. The van der Waals surface area contributed by atoms with E-state index in [4.69, 9.17) is 4.74 Å². The summed E-state index contributed by atoms with van der Waals surface area (Å²) in [5, 5.41) is 14.2. The lowest BCUT2D eigenvalue weighted by atomic mass is 10.1. The van der Waals surface area contributed by atoms with Gasteiger partial charge in [0.15, 0.2) is 11.5 Å². The molecule has 2 aromatic carbocycles. The Kier molecular flexibility index (Phi) is 3.26. The minimum Gasteiger partial charge on any atom is -0.504 e. The summed E-state index contributed by atoms with van der Waals surface area (Å²) in [7, 11) is 1.52. The summed E-state index contributed by atoms with van der Waals surface area (Å²) in [5.74, 6) is 1.17. The predicted molar refractivity (Wildman–Crippen MR) is 89.5 cm³/mol. The van der Waals surface area contributed by atoms with Crippen LogP contribution in [0.2, 0.25) is 0 Å². The van der Waals surface area contributed by atoms with E-state index in [0.717, 1.165) is 29.4 Å². The molecule has 0 radical (unpaired) electrons. The molecule has 0 aliphatic heterocycles. The number of benzene rings is 2. The summed E-state index contributed by atoms with van der Waals surface area (Å²) in [6.07, 6.45) is 4.93. The highest BCUT2D eigenvalue weighted by atomic mass is 16.5. The Hall–Kier alpha value is -2.82. The lowest BCUT2D eigenvalue weighted by molar-refractivity contribution is 0.374. The maximum atomic E-state index is 10.0. The molecule has 23 heavy (non-hydrogen) atoms. The van der Waals surface area contributed by atoms with E-state index >= 15 is 0 Å². The first-order valence-corrected chi connectivity index (χ1v) is 7.66. The second kappa shape index (κ2) is 5.43. The molecule has 3 aromatic rings. The Morgan fingerprint density at radius 2 is 2.09 bits per heavy atom. The Balaban J connectivity index is 1.81. The van der Waals surface area contributed by atoms with E-state index in [9.17, 15) is 5.11 Å². The van der Waals surface area contributed by atoms with Crippen molar-refractivity contribution in [2.75, 3.05) is 12.4 Å². The Morgan fingerprint density at radius 3 is 2.96 bits per heavy atom. The third kappa shape index (κ3) is 2.34. The zero-order chi connectivity index (χ0) is 15.8. The maximum Gasteiger partial charge on any atom is 0.162 e. The second-order valence-corrected chi connectivity index (χ2v) is 5.69. The number of rotatable bonds is 3. The summed E-state index contributed by atoms with van der Waals surface area (Å²) >= 11 is 0. The van der Waals surface area contributed by atoms with Crippen LogP contribution in [0.5, 0.6) is 11.5 Å². The molecule has 1 heterocycles. The molecule has 0 saturated carbocycles. The summed E-state index contributed by atoms with van der Waals surface area (Å²) in [5.41, 5.74) is 4.56. The quantitative estimate of drug-likeness (QED) is 0.774. The van der Waals surface area contributed by atoms with Gasteiger partial charge in [-0.3, -0.25) is 0 Å². The van der Waals surface area contributed by atoms with Crippen molar-refractivity contribution >= 4 is 22.4 Å². The van der Waals surface area contributed by atoms with E-state index in [-0.39, 0.29) is 5.75 Å². The third-order valence-electron chi connectivity index (χ3n) is 4.33. The monoisotopic (exact) mass is 307 g/mol. The highest BCUT2D eigenvalue weighted by molar-refractivity contribution is 5.93. The molecule has 0 bridgehead atoms. The molecule has 4 rings (SSSR count).